The molecule has 0 aliphatic rings. The van der Waals surface area contributed by atoms with Gasteiger partial charge < -0.3 is 16.2 Å². The molecule has 1 aromatic carbocycles. The van der Waals surface area contributed by atoms with Gasteiger partial charge in [0.05, 0.1) is 22.4 Å². The first kappa shape index (κ1) is 14.2. The summed E-state index contributed by atoms with van der Waals surface area (Å²) in [6.45, 7) is 0. The Hall–Kier alpha value is -3.22. The third-order valence-electron chi connectivity index (χ3n) is 2.74. The molecule has 0 fully saturated rings. The Morgan fingerprint density at radius 2 is 1.76 bits per heavy atom. The number of nitrogens with one attached hydrogen (secondary N) is 1. The second kappa shape index (κ2) is 5.83. The van der Waals surface area contributed by atoms with Gasteiger partial charge in [0, 0.05) is 12.4 Å². The number of carbonyl (C=O) groups excluding carboxylic acids is 2. The van der Waals surface area contributed by atoms with Crippen molar-refractivity contribution in [3.05, 3.63) is 59.4 Å². The molecule has 2 amide bonds. The molecule has 0 aliphatic carbocycles. The van der Waals surface area contributed by atoms with Gasteiger partial charge in [-0.2, -0.15) is 0 Å². The molecule has 2 rings (SSSR count). The average molecular weight is 285 g/mol. The number of hydrogen-bond donors (Lipinski definition) is 3. The molecule has 2 aromatic rings. The van der Waals surface area contributed by atoms with Crippen LogP contribution in [0.4, 0.5) is 5.69 Å². The SMILES string of the molecule is NC(=O)c1ccccc1NC(=O)c1ccncc1C(=O)O. The summed E-state index contributed by atoms with van der Waals surface area (Å²) in [6.07, 6.45) is 2.39. The normalized spacial score (nSPS) is 9.90. The van der Waals surface area contributed by atoms with Crippen molar-refractivity contribution in [2.75, 3.05) is 5.32 Å². The lowest BCUT2D eigenvalue weighted by Gasteiger charge is -2.10. The van der Waals surface area contributed by atoms with E-state index in [9.17, 15) is 14.4 Å². The number of aromatic carboxylic acids is 1. The van der Waals surface area contributed by atoms with E-state index in [1.54, 1.807) is 12.1 Å². The van der Waals surface area contributed by atoms with Gasteiger partial charge in [-0.15, -0.1) is 0 Å². The molecule has 0 saturated heterocycles. The van der Waals surface area contributed by atoms with E-state index >= 15 is 0 Å². The van der Waals surface area contributed by atoms with Crippen LogP contribution in [-0.4, -0.2) is 27.9 Å². The molecular formula is C14H11N3O4. The summed E-state index contributed by atoms with van der Waals surface area (Å²) in [5.41, 5.74) is 5.27. The molecule has 7 nitrogen and oxygen atoms in total. The number of carboxylic acid groups (broad SMARTS) is 1. The molecule has 0 radical (unpaired) electrons. The highest BCUT2D eigenvalue weighted by Gasteiger charge is 2.18. The fourth-order valence-corrected chi connectivity index (χ4v) is 1.76. The van der Waals surface area contributed by atoms with Crippen LogP contribution in [0, 0.1) is 0 Å². The molecule has 106 valence electrons. The summed E-state index contributed by atoms with van der Waals surface area (Å²) in [6, 6.07) is 7.46. The first-order chi connectivity index (χ1) is 10.0. The Balaban J connectivity index is 2.36. The number of para-hydroxylation sites is 1. The minimum atomic E-state index is -1.27. The molecule has 1 aromatic heterocycles. The van der Waals surface area contributed by atoms with E-state index in [2.05, 4.69) is 10.3 Å². The highest BCUT2D eigenvalue weighted by molar-refractivity contribution is 6.12. The number of pyridine rings is 1. The first-order valence-corrected chi connectivity index (χ1v) is 5.88. The largest absolute Gasteiger partial charge is 0.478 e. The van der Waals surface area contributed by atoms with Crippen molar-refractivity contribution in [1.82, 2.24) is 4.98 Å². The summed E-state index contributed by atoms with van der Waals surface area (Å²) in [5.74, 6) is -2.63. The van der Waals surface area contributed by atoms with Gasteiger partial charge in [0.15, 0.2) is 0 Å². The monoisotopic (exact) mass is 285 g/mol. The van der Waals surface area contributed by atoms with E-state index in [4.69, 9.17) is 10.8 Å². The number of nitrogens with two attached hydrogens (primary N) is 1. The number of nitrogens with zero attached hydrogens (tertiary/aromatic N) is 1. The molecule has 0 atom stereocenters. The molecule has 21 heavy (non-hydrogen) atoms. The van der Waals surface area contributed by atoms with Crippen LogP contribution in [0.5, 0.6) is 0 Å². The number of anilines is 1. The summed E-state index contributed by atoms with van der Waals surface area (Å²) in [5, 5.41) is 11.5. The van der Waals surface area contributed by atoms with Crippen molar-refractivity contribution in [1.29, 1.82) is 0 Å². The molecule has 0 unspecified atom stereocenters. The zero-order valence-electron chi connectivity index (χ0n) is 10.7. The van der Waals surface area contributed by atoms with Crippen molar-refractivity contribution in [3.8, 4) is 0 Å². The molecule has 4 N–H and O–H groups in total. The van der Waals surface area contributed by atoms with Crippen molar-refractivity contribution in [2.24, 2.45) is 5.73 Å². The number of primary amides is 1. The zero-order valence-corrected chi connectivity index (χ0v) is 10.7. The molecule has 0 saturated carbocycles. The Morgan fingerprint density at radius 3 is 2.43 bits per heavy atom. The van der Waals surface area contributed by atoms with Gasteiger partial charge in [0.25, 0.3) is 11.8 Å². The van der Waals surface area contributed by atoms with Crippen LogP contribution in [0.1, 0.15) is 31.1 Å². The summed E-state index contributed by atoms with van der Waals surface area (Å²) in [4.78, 5) is 38.2. The second-order valence-electron chi connectivity index (χ2n) is 4.09. The average Bonchev–Trinajstić information content (AvgIpc) is 2.47. The van der Waals surface area contributed by atoms with Crippen molar-refractivity contribution in [3.63, 3.8) is 0 Å². The van der Waals surface area contributed by atoms with Gasteiger partial charge in [-0.3, -0.25) is 14.6 Å². The lowest BCUT2D eigenvalue weighted by molar-refractivity contribution is 0.0691. The minimum Gasteiger partial charge on any atom is -0.478 e. The lowest BCUT2D eigenvalue weighted by atomic mass is 10.1. The van der Waals surface area contributed by atoms with Gasteiger partial charge in [-0.25, -0.2) is 4.79 Å². The van der Waals surface area contributed by atoms with Crippen LogP contribution in [-0.2, 0) is 0 Å². The molecule has 7 heteroatoms. The van der Waals surface area contributed by atoms with Crippen molar-refractivity contribution >= 4 is 23.5 Å². The fourth-order valence-electron chi connectivity index (χ4n) is 1.76. The molecule has 0 bridgehead atoms. The van der Waals surface area contributed by atoms with Gasteiger partial charge >= 0.3 is 5.97 Å². The quantitative estimate of drug-likeness (QED) is 0.777. The Labute approximate surface area is 119 Å². The number of amides is 2. The van der Waals surface area contributed by atoms with E-state index in [-0.39, 0.29) is 22.4 Å². The minimum absolute atomic E-state index is 0.0585. The number of benzene rings is 1. The lowest BCUT2D eigenvalue weighted by Crippen LogP contribution is -2.20. The number of carbonyl (C=O) groups is 3. The number of hydrogen-bond acceptors (Lipinski definition) is 4. The summed E-state index contributed by atoms with van der Waals surface area (Å²) in [7, 11) is 0. The molecule has 1 heterocycles. The summed E-state index contributed by atoms with van der Waals surface area (Å²) < 4.78 is 0. The predicted octanol–water partition coefficient (Wildman–Crippen LogP) is 1.13. The van der Waals surface area contributed by atoms with Gasteiger partial charge in [-0.1, -0.05) is 12.1 Å². The van der Waals surface area contributed by atoms with E-state index in [1.165, 1.54) is 24.4 Å². The molecular weight excluding hydrogens is 274 g/mol. The third-order valence-corrected chi connectivity index (χ3v) is 2.74. The smallest absolute Gasteiger partial charge is 0.338 e. The van der Waals surface area contributed by atoms with Crippen LogP contribution >= 0.6 is 0 Å². The van der Waals surface area contributed by atoms with Crippen molar-refractivity contribution < 1.29 is 19.5 Å². The highest BCUT2D eigenvalue weighted by Crippen LogP contribution is 2.16. The Kier molecular flexibility index (Phi) is 3.94. The van der Waals surface area contributed by atoms with E-state index in [0.717, 1.165) is 6.20 Å². The van der Waals surface area contributed by atoms with E-state index in [1.807, 2.05) is 0 Å². The first-order valence-electron chi connectivity index (χ1n) is 5.88. The van der Waals surface area contributed by atoms with Gasteiger partial charge in [-0.05, 0) is 18.2 Å². The Morgan fingerprint density at radius 1 is 1.05 bits per heavy atom. The number of carboxylic acids is 1. The van der Waals surface area contributed by atoms with Gasteiger partial charge in [0.1, 0.15) is 0 Å². The second-order valence-corrected chi connectivity index (χ2v) is 4.09. The maximum Gasteiger partial charge on any atom is 0.338 e. The van der Waals surface area contributed by atoms with Crippen LogP contribution in [0.2, 0.25) is 0 Å². The number of aromatic nitrogens is 1. The van der Waals surface area contributed by atoms with Crippen LogP contribution < -0.4 is 11.1 Å². The van der Waals surface area contributed by atoms with Crippen molar-refractivity contribution in [2.45, 2.75) is 0 Å². The van der Waals surface area contributed by atoms with E-state index < -0.39 is 17.8 Å². The topological polar surface area (TPSA) is 122 Å². The molecule has 0 spiro atoms. The Bertz CT molecular complexity index is 728. The highest BCUT2D eigenvalue weighted by atomic mass is 16.4. The fraction of sp³-hybridized carbons (Fsp3) is 0. The maximum atomic E-state index is 12.2. The van der Waals surface area contributed by atoms with Crippen LogP contribution in [0.15, 0.2) is 42.7 Å². The molecule has 0 aliphatic heterocycles. The number of rotatable bonds is 4. The standard InChI is InChI=1S/C14H11N3O4/c15-12(18)9-3-1-2-4-11(9)17-13(19)8-5-6-16-7-10(8)14(20)21/h1-7H,(H2,15,18)(H,17,19)(H,20,21). The zero-order chi connectivity index (χ0) is 15.4. The van der Waals surface area contributed by atoms with E-state index in [0.29, 0.717) is 0 Å². The summed E-state index contributed by atoms with van der Waals surface area (Å²) >= 11 is 0. The van der Waals surface area contributed by atoms with Crippen LogP contribution in [0.25, 0.3) is 0 Å². The van der Waals surface area contributed by atoms with Crippen LogP contribution in [0.3, 0.4) is 0 Å². The van der Waals surface area contributed by atoms with Gasteiger partial charge in [0.2, 0.25) is 0 Å². The third kappa shape index (κ3) is 3.03. The maximum absolute atomic E-state index is 12.2. The predicted molar refractivity (Wildman–Crippen MR) is 74.1 cm³/mol.